The molecule has 0 aromatic carbocycles. The van der Waals surface area contributed by atoms with E-state index in [1.807, 2.05) is 6.92 Å². The molecule has 1 saturated heterocycles. The highest BCUT2D eigenvalue weighted by atomic mass is 16.7. The van der Waals surface area contributed by atoms with Gasteiger partial charge in [0.2, 0.25) is 6.29 Å². The van der Waals surface area contributed by atoms with E-state index in [4.69, 9.17) is 9.47 Å². The summed E-state index contributed by atoms with van der Waals surface area (Å²) in [5.41, 5.74) is 1.32. The van der Waals surface area contributed by atoms with Gasteiger partial charge in [0, 0.05) is 12.8 Å². The van der Waals surface area contributed by atoms with Gasteiger partial charge in [-0.15, -0.1) is 0 Å². The van der Waals surface area contributed by atoms with Gasteiger partial charge in [-0.1, -0.05) is 11.6 Å². The Labute approximate surface area is 97.8 Å². The van der Waals surface area contributed by atoms with Gasteiger partial charge in [0.1, 0.15) is 0 Å². The largest absolute Gasteiger partial charge is 0.436 e. The first-order valence-electron chi connectivity index (χ1n) is 6.15. The van der Waals surface area contributed by atoms with E-state index in [1.54, 1.807) is 0 Å². The fourth-order valence-corrected chi connectivity index (χ4v) is 1.67. The van der Waals surface area contributed by atoms with Gasteiger partial charge < -0.3 is 9.47 Å². The number of esters is 1. The SMILES string of the molecule is CC=C(C)CCCC(=O)OC1CCCCO1. The van der Waals surface area contributed by atoms with E-state index in [2.05, 4.69) is 13.0 Å². The number of carbonyl (C=O) groups is 1. The summed E-state index contributed by atoms with van der Waals surface area (Å²) in [6.45, 7) is 4.81. The van der Waals surface area contributed by atoms with Crippen molar-refractivity contribution in [2.45, 2.75) is 58.7 Å². The van der Waals surface area contributed by atoms with Gasteiger partial charge in [-0.3, -0.25) is 4.79 Å². The zero-order valence-electron chi connectivity index (χ0n) is 10.3. The lowest BCUT2D eigenvalue weighted by molar-refractivity contribution is -0.186. The van der Waals surface area contributed by atoms with Crippen molar-refractivity contribution in [2.24, 2.45) is 0 Å². The van der Waals surface area contributed by atoms with E-state index >= 15 is 0 Å². The lowest BCUT2D eigenvalue weighted by Gasteiger charge is -2.22. The molecule has 0 bridgehead atoms. The van der Waals surface area contributed by atoms with Gasteiger partial charge in [-0.05, 0) is 39.5 Å². The smallest absolute Gasteiger partial charge is 0.308 e. The van der Waals surface area contributed by atoms with Crippen LogP contribution in [0.3, 0.4) is 0 Å². The maximum absolute atomic E-state index is 11.5. The van der Waals surface area contributed by atoms with Gasteiger partial charge in [0.15, 0.2) is 0 Å². The molecule has 1 fully saturated rings. The van der Waals surface area contributed by atoms with E-state index in [1.165, 1.54) is 5.57 Å². The molecule has 1 unspecified atom stereocenters. The van der Waals surface area contributed by atoms with Crippen LogP contribution in [-0.4, -0.2) is 18.9 Å². The summed E-state index contributed by atoms with van der Waals surface area (Å²) in [6, 6.07) is 0. The molecule has 0 aliphatic carbocycles. The van der Waals surface area contributed by atoms with Crippen LogP contribution in [0.5, 0.6) is 0 Å². The summed E-state index contributed by atoms with van der Waals surface area (Å²) in [5, 5.41) is 0. The van der Waals surface area contributed by atoms with Crippen molar-refractivity contribution < 1.29 is 14.3 Å². The van der Waals surface area contributed by atoms with Crippen molar-refractivity contribution in [1.82, 2.24) is 0 Å². The maximum Gasteiger partial charge on any atom is 0.308 e. The Morgan fingerprint density at radius 1 is 1.44 bits per heavy atom. The lowest BCUT2D eigenvalue weighted by atomic mass is 10.1. The normalized spacial score (nSPS) is 21.9. The van der Waals surface area contributed by atoms with Crippen LogP contribution in [0.4, 0.5) is 0 Å². The molecule has 1 aliphatic rings. The fraction of sp³-hybridized carbons (Fsp3) is 0.769. The summed E-state index contributed by atoms with van der Waals surface area (Å²) in [4.78, 5) is 11.5. The van der Waals surface area contributed by atoms with Crippen molar-refractivity contribution in [3.63, 3.8) is 0 Å². The van der Waals surface area contributed by atoms with Crippen molar-refractivity contribution in [1.29, 1.82) is 0 Å². The minimum Gasteiger partial charge on any atom is -0.436 e. The maximum atomic E-state index is 11.5. The molecule has 1 heterocycles. The molecule has 92 valence electrons. The summed E-state index contributed by atoms with van der Waals surface area (Å²) >= 11 is 0. The first-order valence-corrected chi connectivity index (χ1v) is 6.15. The minimum atomic E-state index is -0.288. The second-order valence-electron chi connectivity index (χ2n) is 4.27. The highest BCUT2D eigenvalue weighted by Gasteiger charge is 2.17. The van der Waals surface area contributed by atoms with Crippen LogP contribution in [0.1, 0.15) is 52.4 Å². The van der Waals surface area contributed by atoms with E-state index in [9.17, 15) is 4.79 Å². The topological polar surface area (TPSA) is 35.5 Å². The van der Waals surface area contributed by atoms with E-state index in [-0.39, 0.29) is 12.3 Å². The van der Waals surface area contributed by atoms with Crippen molar-refractivity contribution in [3.05, 3.63) is 11.6 Å². The molecule has 1 rings (SSSR count). The first kappa shape index (κ1) is 13.2. The van der Waals surface area contributed by atoms with E-state index in [0.717, 1.165) is 38.7 Å². The van der Waals surface area contributed by atoms with Crippen LogP contribution < -0.4 is 0 Å². The van der Waals surface area contributed by atoms with Gasteiger partial charge in [0.25, 0.3) is 0 Å². The highest BCUT2D eigenvalue weighted by molar-refractivity contribution is 5.69. The van der Waals surface area contributed by atoms with Gasteiger partial charge in [0.05, 0.1) is 6.61 Å². The summed E-state index contributed by atoms with van der Waals surface area (Å²) in [7, 11) is 0. The molecular weight excluding hydrogens is 204 g/mol. The van der Waals surface area contributed by atoms with Crippen LogP contribution in [0.25, 0.3) is 0 Å². The quantitative estimate of drug-likeness (QED) is 0.533. The Balaban J connectivity index is 2.10. The summed E-state index contributed by atoms with van der Waals surface area (Å²) in [5.74, 6) is -0.129. The third kappa shape index (κ3) is 5.31. The molecule has 3 nitrogen and oxygen atoms in total. The zero-order chi connectivity index (χ0) is 11.8. The first-order chi connectivity index (χ1) is 7.72. The van der Waals surface area contributed by atoms with Crippen molar-refractivity contribution in [2.75, 3.05) is 6.61 Å². The molecule has 0 spiro atoms. The predicted octanol–water partition coefficient (Wildman–Crippen LogP) is 3.19. The van der Waals surface area contributed by atoms with Crippen LogP contribution in [0.15, 0.2) is 11.6 Å². The van der Waals surface area contributed by atoms with Crippen molar-refractivity contribution in [3.8, 4) is 0 Å². The number of allylic oxidation sites excluding steroid dienone is 2. The third-order valence-corrected chi connectivity index (χ3v) is 2.85. The number of carbonyl (C=O) groups excluding carboxylic acids is 1. The number of hydrogen-bond donors (Lipinski definition) is 0. The zero-order valence-corrected chi connectivity index (χ0v) is 10.3. The molecule has 0 aromatic heterocycles. The second-order valence-corrected chi connectivity index (χ2v) is 4.27. The van der Waals surface area contributed by atoms with Crippen LogP contribution in [0.2, 0.25) is 0 Å². The Bertz CT molecular complexity index is 240. The van der Waals surface area contributed by atoms with E-state index in [0.29, 0.717) is 6.42 Å². The van der Waals surface area contributed by atoms with Gasteiger partial charge in [-0.25, -0.2) is 0 Å². The second kappa shape index (κ2) is 7.44. The molecule has 0 amide bonds. The standard InChI is InChI=1S/C13H22O3/c1-3-11(2)7-6-8-12(14)16-13-9-4-5-10-15-13/h3,13H,4-10H2,1-2H3. The Morgan fingerprint density at radius 2 is 2.25 bits per heavy atom. The molecule has 1 atom stereocenters. The Morgan fingerprint density at radius 3 is 2.88 bits per heavy atom. The molecule has 0 aromatic rings. The van der Waals surface area contributed by atoms with Gasteiger partial charge in [-0.2, -0.15) is 0 Å². The molecule has 1 aliphatic heterocycles. The molecular formula is C13H22O3. The van der Waals surface area contributed by atoms with Crippen LogP contribution in [-0.2, 0) is 14.3 Å². The molecule has 0 saturated carbocycles. The van der Waals surface area contributed by atoms with Gasteiger partial charge >= 0.3 is 5.97 Å². The highest BCUT2D eigenvalue weighted by Crippen LogP contribution is 2.15. The monoisotopic (exact) mass is 226 g/mol. The minimum absolute atomic E-state index is 0.129. The van der Waals surface area contributed by atoms with Crippen LogP contribution in [0, 0.1) is 0 Å². The third-order valence-electron chi connectivity index (χ3n) is 2.85. The predicted molar refractivity (Wildman–Crippen MR) is 63.0 cm³/mol. The van der Waals surface area contributed by atoms with Crippen molar-refractivity contribution >= 4 is 5.97 Å². The summed E-state index contributed by atoms with van der Waals surface area (Å²) < 4.78 is 10.6. The lowest BCUT2D eigenvalue weighted by Crippen LogP contribution is -2.25. The fourth-order valence-electron chi connectivity index (χ4n) is 1.67. The van der Waals surface area contributed by atoms with Crippen LogP contribution >= 0.6 is 0 Å². The number of rotatable bonds is 5. The molecule has 16 heavy (non-hydrogen) atoms. The molecule has 0 radical (unpaired) electrons. The average molecular weight is 226 g/mol. The number of ether oxygens (including phenoxy) is 2. The molecule has 3 heteroatoms. The summed E-state index contributed by atoms with van der Waals surface area (Å²) in [6.07, 6.45) is 7.13. The number of hydrogen-bond acceptors (Lipinski definition) is 3. The Hall–Kier alpha value is -0.830. The molecule has 0 N–H and O–H groups in total. The van der Waals surface area contributed by atoms with E-state index < -0.39 is 0 Å². The Kier molecular flexibility index (Phi) is 6.16. The average Bonchev–Trinajstić information content (AvgIpc) is 2.30.